The average molecular weight is 486 g/mol. The summed E-state index contributed by atoms with van der Waals surface area (Å²) in [5.74, 6) is -0.597. The van der Waals surface area contributed by atoms with Crippen molar-refractivity contribution in [1.29, 1.82) is 0 Å². The highest BCUT2D eigenvalue weighted by Gasteiger charge is 2.29. The van der Waals surface area contributed by atoms with E-state index >= 15 is 0 Å². The highest BCUT2D eigenvalue weighted by Crippen LogP contribution is 2.32. The molecule has 2 aliphatic rings. The number of nitrogens with zero attached hydrogens (tertiary/aromatic N) is 3. The fraction of sp³-hybridized carbons (Fsp3) is 0.259. The number of hydrogen-bond donors (Lipinski definition) is 2. The van der Waals surface area contributed by atoms with Crippen LogP contribution in [0.1, 0.15) is 23.7 Å². The Hall–Kier alpha value is -4.08. The number of rotatable bonds is 7. The molecule has 0 bridgehead atoms. The Morgan fingerprint density at radius 2 is 1.89 bits per heavy atom. The van der Waals surface area contributed by atoms with Crippen LogP contribution < -0.4 is 11.1 Å². The Labute approximate surface area is 208 Å². The molecule has 0 saturated carbocycles. The number of nitrogens with two attached hydrogens (primary N) is 1. The summed E-state index contributed by atoms with van der Waals surface area (Å²) in [7, 11) is 0. The second-order valence-corrected chi connectivity index (χ2v) is 8.79. The molecule has 1 fully saturated rings. The SMILES string of the molecule is NC(=O)CN1CCOC(c2ccccc2-c2ccc(NC(=O)C3CC(c4cccnc4)=NO3)cc2)C1. The molecule has 3 heterocycles. The lowest BCUT2D eigenvalue weighted by atomic mass is 9.95. The molecule has 1 saturated heterocycles. The summed E-state index contributed by atoms with van der Waals surface area (Å²) < 4.78 is 6.03. The van der Waals surface area contributed by atoms with Crippen molar-refractivity contribution < 1.29 is 19.2 Å². The summed E-state index contributed by atoms with van der Waals surface area (Å²) in [6.07, 6.45) is 2.92. The Kier molecular flexibility index (Phi) is 7.01. The molecule has 0 aliphatic carbocycles. The van der Waals surface area contributed by atoms with E-state index in [4.69, 9.17) is 15.3 Å². The van der Waals surface area contributed by atoms with Gasteiger partial charge in [0.05, 0.1) is 25.0 Å². The van der Waals surface area contributed by atoms with Gasteiger partial charge < -0.3 is 20.6 Å². The summed E-state index contributed by atoms with van der Waals surface area (Å²) in [6.45, 7) is 2.02. The van der Waals surface area contributed by atoms with E-state index in [1.165, 1.54) is 0 Å². The maximum absolute atomic E-state index is 12.7. The van der Waals surface area contributed by atoms with Crippen LogP contribution in [0.3, 0.4) is 0 Å². The number of benzene rings is 2. The minimum atomic E-state index is -0.688. The molecule has 5 rings (SSSR count). The summed E-state index contributed by atoms with van der Waals surface area (Å²) in [6, 6.07) is 19.4. The van der Waals surface area contributed by atoms with Gasteiger partial charge in [-0.25, -0.2) is 0 Å². The van der Waals surface area contributed by atoms with E-state index in [1.54, 1.807) is 12.4 Å². The van der Waals surface area contributed by atoms with Gasteiger partial charge in [0.15, 0.2) is 0 Å². The van der Waals surface area contributed by atoms with Gasteiger partial charge in [-0.3, -0.25) is 19.5 Å². The molecule has 3 aromatic rings. The van der Waals surface area contributed by atoms with Crippen LogP contribution in [0.5, 0.6) is 0 Å². The van der Waals surface area contributed by atoms with E-state index in [0.717, 1.165) is 22.3 Å². The lowest BCUT2D eigenvalue weighted by molar-refractivity contribution is -0.125. The number of pyridine rings is 1. The van der Waals surface area contributed by atoms with Gasteiger partial charge in [0, 0.05) is 43.2 Å². The Bertz CT molecular complexity index is 1260. The van der Waals surface area contributed by atoms with E-state index in [9.17, 15) is 9.59 Å². The van der Waals surface area contributed by atoms with Gasteiger partial charge >= 0.3 is 0 Å². The van der Waals surface area contributed by atoms with Gasteiger partial charge in [-0.1, -0.05) is 41.6 Å². The van der Waals surface area contributed by atoms with Crippen molar-refractivity contribution in [2.75, 3.05) is 31.6 Å². The number of carbonyl (C=O) groups excluding carboxylic acids is 2. The highest BCUT2D eigenvalue weighted by molar-refractivity contribution is 6.06. The lowest BCUT2D eigenvalue weighted by Gasteiger charge is -2.33. The zero-order valence-corrected chi connectivity index (χ0v) is 19.7. The van der Waals surface area contributed by atoms with Gasteiger partial charge in [-0.05, 0) is 41.0 Å². The molecule has 0 spiro atoms. The predicted octanol–water partition coefficient (Wildman–Crippen LogP) is 2.74. The first kappa shape index (κ1) is 23.7. The van der Waals surface area contributed by atoms with Crippen molar-refractivity contribution in [2.45, 2.75) is 18.6 Å². The molecule has 184 valence electrons. The number of nitrogens with one attached hydrogen (secondary N) is 1. The quantitative estimate of drug-likeness (QED) is 0.531. The second kappa shape index (κ2) is 10.7. The Morgan fingerprint density at radius 1 is 1.06 bits per heavy atom. The summed E-state index contributed by atoms with van der Waals surface area (Å²) in [4.78, 5) is 35.6. The van der Waals surface area contributed by atoms with Gasteiger partial charge in [-0.15, -0.1) is 0 Å². The fourth-order valence-corrected chi connectivity index (χ4v) is 4.47. The van der Waals surface area contributed by atoms with Gasteiger partial charge in [0.1, 0.15) is 0 Å². The smallest absolute Gasteiger partial charge is 0.268 e. The van der Waals surface area contributed by atoms with E-state index < -0.39 is 6.10 Å². The third kappa shape index (κ3) is 5.42. The standard InChI is InChI=1S/C27H27N5O4/c28-26(33)17-32-12-13-35-25(16-32)22-6-2-1-5-21(22)18-7-9-20(10-8-18)30-27(34)24-14-23(31-36-24)19-4-3-11-29-15-19/h1-11,15,24-25H,12-14,16-17H2,(H2,28,33)(H,30,34). The normalized spacial score (nSPS) is 19.8. The topological polar surface area (TPSA) is 119 Å². The highest BCUT2D eigenvalue weighted by atomic mass is 16.6. The van der Waals surface area contributed by atoms with E-state index in [-0.39, 0.29) is 24.5 Å². The molecule has 0 radical (unpaired) electrons. The first-order chi connectivity index (χ1) is 17.6. The van der Waals surface area contributed by atoms with Crippen LogP contribution in [-0.4, -0.2) is 59.8 Å². The molecular formula is C27H27N5O4. The van der Waals surface area contributed by atoms with Crippen molar-refractivity contribution in [1.82, 2.24) is 9.88 Å². The molecule has 1 aromatic heterocycles. The number of oxime groups is 1. The fourth-order valence-electron chi connectivity index (χ4n) is 4.47. The minimum Gasteiger partial charge on any atom is -0.382 e. The van der Waals surface area contributed by atoms with E-state index in [2.05, 4.69) is 15.5 Å². The second-order valence-electron chi connectivity index (χ2n) is 8.79. The van der Waals surface area contributed by atoms with Crippen molar-refractivity contribution in [3.63, 3.8) is 0 Å². The third-order valence-electron chi connectivity index (χ3n) is 6.26. The minimum absolute atomic E-state index is 0.165. The van der Waals surface area contributed by atoms with Crippen molar-refractivity contribution in [2.24, 2.45) is 10.9 Å². The van der Waals surface area contributed by atoms with Crippen LogP contribution in [-0.2, 0) is 19.2 Å². The maximum Gasteiger partial charge on any atom is 0.268 e. The summed E-state index contributed by atoms with van der Waals surface area (Å²) >= 11 is 0. The largest absolute Gasteiger partial charge is 0.382 e. The van der Waals surface area contributed by atoms with Crippen LogP contribution in [0.25, 0.3) is 11.1 Å². The molecule has 9 nitrogen and oxygen atoms in total. The van der Waals surface area contributed by atoms with E-state index in [1.807, 2.05) is 65.6 Å². The predicted molar refractivity (Wildman–Crippen MR) is 135 cm³/mol. The van der Waals surface area contributed by atoms with Crippen LogP contribution in [0, 0.1) is 0 Å². The first-order valence-electron chi connectivity index (χ1n) is 11.8. The molecule has 2 aromatic carbocycles. The van der Waals surface area contributed by atoms with Crippen LogP contribution in [0.15, 0.2) is 78.2 Å². The number of ether oxygens (including phenoxy) is 1. The number of morpholine rings is 1. The number of hydrogen-bond acceptors (Lipinski definition) is 7. The summed E-state index contributed by atoms with van der Waals surface area (Å²) in [5.41, 5.74) is 10.7. The molecule has 2 unspecified atom stereocenters. The third-order valence-corrected chi connectivity index (χ3v) is 6.26. The zero-order chi connectivity index (χ0) is 24.9. The molecule has 2 atom stereocenters. The zero-order valence-electron chi connectivity index (χ0n) is 19.7. The summed E-state index contributed by atoms with van der Waals surface area (Å²) in [5, 5.41) is 6.96. The monoisotopic (exact) mass is 485 g/mol. The van der Waals surface area contributed by atoms with Crippen LogP contribution in [0.2, 0.25) is 0 Å². The molecule has 36 heavy (non-hydrogen) atoms. The maximum atomic E-state index is 12.7. The van der Waals surface area contributed by atoms with Crippen molar-refractivity contribution >= 4 is 23.2 Å². The van der Waals surface area contributed by atoms with Gasteiger partial charge in [0.2, 0.25) is 12.0 Å². The molecule has 3 N–H and O–H groups in total. The number of aromatic nitrogens is 1. The van der Waals surface area contributed by atoms with Crippen LogP contribution in [0.4, 0.5) is 5.69 Å². The number of primary amides is 1. The van der Waals surface area contributed by atoms with E-state index in [0.29, 0.717) is 37.5 Å². The van der Waals surface area contributed by atoms with Crippen LogP contribution >= 0.6 is 0 Å². The molecule has 2 aliphatic heterocycles. The molecule has 9 heteroatoms. The Morgan fingerprint density at radius 3 is 2.67 bits per heavy atom. The molecular weight excluding hydrogens is 458 g/mol. The number of anilines is 1. The lowest BCUT2D eigenvalue weighted by Crippen LogP contribution is -2.42. The van der Waals surface area contributed by atoms with Crippen molar-refractivity contribution in [3.05, 3.63) is 84.2 Å². The van der Waals surface area contributed by atoms with Crippen molar-refractivity contribution in [3.8, 4) is 11.1 Å². The average Bonchev–Trinajstić information content (AvgIpc) is 3.40. The first-order valence-corrected chi connectivity index (χ1v) is 11.8. The molecule has 2 amide bonds. The Balaban J connectivity index is 1.24. The van der Waals surface area contributed by atoms with Gasteiger partial charge in [0.25, 0.3) is 5.91 Å². The van der Waals surface area contributed by atoms with Gasteiger partial charge in [-0.2, -0.15) is 0 Å². The number of amides is 2. The number of carbonyl (C=O) groups is 2.